The van der Waals surface area contributed by atoms with Gasteiger partial charge in [-0.2, -0.15) is 0 Å². The number of carbonyl (C=O) groups is 1. The van der Waals surface area contributed by atoms with E-state index < -0.39 is 28.9 Å². The molecule has 0 aliphatic carbocycles. The predicted molar refractivity (Wildman–Crippen MR) is 56.9 cm³/mol. The van der Waals surface area contributed by atoms with E-state index in [9.17, 15) is 18.0 Å². The van der Waals surface area contributed by atoms with Gasteiger partial charge in [0.15, 0.2) is 17.5 Å². The fourth-order valence-corrected chi connectivity index (χ4v) is 1.10. The normalized spacial score (nSPS) is 11.4. The molecule has 0 aliphatic heterocycles. The predicted octanol–water partition coefficient (Wildman–Crippen LogP) is 1.57. The van der Waals surface area contributed by atoms with Gasteiger partial charge in [-0.15, -0.1) is 0 Å². The summed E-state index contributed by atoms with van der Waals surface area (Å²) >= 11 is 0. The van der Waals surface area contributed by atoms with Crippen LogP contribution in [0.5, 0.6) is 0 Å². The maximum atomic E-state index is 12.9. The zero-order valence-corrected chi connectivity index (χ0v) is 9.48. The summed E-state index contributed by atoms with van der Waals surface area (Å²) in [6.07, 6.45) is 0. The second-order valence-corrected chi connectivity index (χ2v) is 4.43. The van der Waals surface area contributed by atoms with Crippen molar-refractivity contribution in [2.45, 2.75) is 19.4 Å². The van der Waals surface area contributed by atoms with Gasteiger partial charge in [0.05, 0.1) is 0 Å². The highest BCUT2D eigenvalue weighted by molar-refractivity contribution is 5.94. The molecule has 0 aromatic heterocycles. The Kier molecular flexibility index (Phi) is 3.77. The lowest BCUT2D eigenvalue weighted by molar-refractivity contribution is 0.0945. The fraction of sp³-hybridized carbons (Fsp3) is 0.364. The molecule has 0 spiro atoms. The molecule has 1 aromatic carbocycles. The zero-order valence-electron chi connectivity index (χ0n) is 9.48. The van der Waals surface area contributed by atoms with Gasteiger partial charge in [-0.05, 0) is 26.0 Å². The molecule has 6 heteroatoms. The summed E-state index contributed by atoms with van der Waals surface area (Å²) < 4.78 is 38.4. The Morgan fingerprint density at radius 1 is 1.29 bits per heavy atom. The van der Waals surface area contributed by atoms with Gasteiger partial charge in [-0.1, -0.05) is 0 Å². The molecule has 0 saturated heterocycles. The summed E-state index contributed by atoms with van der Waals surface area (Å²) in [6, 6.07) is 1.27. The monoisotopic (exact) mass is 246 g/mol. The van der Waals surface area contributed by atoms with Crippen LogP contribution in [0, 0.1) is 17.5 Å². The Hall–Kier alpha value is -1.56. The zero-order chi connectivity index (χ0) is 13.2. The van der Waals surface area contributed by atoms with E-state index in [-0.39, 0.29) is 12.1 Å². The number of halogens is 3. The average molecular weight is 246 g/mol. The molecule has 0 atom stereocenters. The van der Waals surface area contributed by atoms with E-state index in [0.29, 0.717) is 12.1 Å². The van der Waals surface area contributed by atoms with E-state index >= 15 is 0 Å². The standard InChI is InChI=1S/C11H13F3N2O/c1-11(2,15)5-16-10(17)6-3-7(12)9(14)8(13)4-6/h3-4H,5,15H2,1-2H3,(H,16,17). The van der Waals surface area contributed by atoms with E-state index in [1.807, 2.05) is 0 Å². The highest BCUT2D eigenvalue weighted by Crippen LogP contribution is 2.13. The number of carbonyl (C=O) groups excluding carboxylic acids is 1. The molecule has 3 N–H and O–H groups in total. The minimum Gasteiger partial charge on any atom is -0.350 e. The summed E-state index contributed by atoms with van der Waals surface area (Å²) in [5, 5.41) is 2.39. The molecular formula is C11H13F3N2O. The summed E-state index contributed by atoms with van der Waals surface area (Å²) in [5.74, 6) is -5.11. The number of nitrogens with one attached hydrogen (secondary N) is 1. The van der Waals surface area contributed by atoms with E-state index in [0.717, 1.165) is 0 Å². The first-order valence-corrected chi connectivity index (χ1v) is 4.92. The van der Waals surface area contributed by atoms with Crippen molar-refractivity contribution in [3.63, 3.8) is 0 Å². The fourth-order valence-electron chi connectivity index (χ4n) is 1.10. The van der Waals surface area contributed by atoms with Gasteiger partial charge in [0, 0.05) is 17.6 Å². The highest BCUT2D eigenvalue weighted by atomic mass is 19.2. The van der Waals surface area contributed by atoms with Crippen LogP contribution in [-0.4, -0.2) is 18.0 Å². The number of hydrogen-bond acceptors (Lipinski definition) is 2. The molecule has 0 radical (unpaired) electrons. The molecule has 1 amide bonds. The van der Waals surface area contributed by atoms with Crippen LogP contribution in [0.3, 0.4) is 0 Å². The van der Waals surface area contributed by atoms with Gasteiger partial charge in [0.2, 0.25) is 0 Å². The van der Waals surface area contributed by atoms with Crippen molar-refractivity contribution >= 4 is 5.91 Å². The first-order chi connectivity index (χ1) is 7.70. The van der Waals surface area contributed by atoms with E-state index in [4.69, 9.17) is 5.73 Å². The van der Waals surface area contributed by atoms with Gasteiger partial charge in [-0.3, -0.25) is 4.79 Å². The van der Waals surface area contributed by atoms with Gasteiger partial charge in [0.1, 0.15) is 0 Å². The lowest BCUT2D eigenvalue weighted by atomic mass is 10.1. The number of hydrogen-bond donors (Lipinski definition) is 2. The van der Waals surface area contributed by atoms with Crippen LogP contribution >= 0.6 is 0 Å². The second kappa shape index (κ2) is 4.75. The van der Waals surface area contributed by atoms with Crippen LogP contribution in [0.15, 0.2) is 12.1 Å². The summed E-state index contributed by atoms with van der Waals surface area (Å²) in [6.45, 7) is 3.49. The SMILES string of the molecule is CC(C)(N)CNC(=O)c1cc(F)c(F)c(F)c1. The van der Waals surface area contributed by atoms with Crippen LogP contribution in [0.25, 0.3) is 0 Å². The second-order valence-electron chi connectivity index (χ2n) is 4.43. The molecular weight excluding hydrogens is 233 g/mol. The number of nitrogens with two attached hydrogens (primary N) is 1. The molecule has 1 rings (SSSR count). The third-order valence-corrected chi connectivity index (χ3v) is 1.95. The molecule has 17 heavy (non-hydrogen) atoms. The van der Waals surface area contributed by atoms with Crippen molar-refractivity contribution in [2.75, 3.05) is 6.54 Å². The first-order valence-electron chi connectivity index (χ1n) is 4.92. The third-order valence-electron chi connectivity index (χ3n) is 1.95. The Morgan fingerprint density at radius 3 is 2.18 bits per heavy atom. The van der Waals surface area contributed by atoms with Gasteiger partial charge >= 0.3 is 0 Å². The molecule has 1 aromatic rings. The minimum absolute atomic E-state index is 0.131. The molecule has 0 saturated carbocycles. The number of amides is 1. The van der Waals surface area contributed by atoms with Gasteiger partial charge in [-0.25, -0.2) is 13.2 Å². The van der Waals surface area contributed by atoms with E-state index in [1.54, 1.807) is 13.8 Å². The van der Waals surface area contributed by atoms with E-state index in [2.05, 4.69) is 5.32 Å². The topological polar surface area (TPSA) is 55.1 Å². The van der Waals surface area contributed by atoms with Crippen LogP contribution < -0.4 is 11.1 Å². The minimum atomic E-state index is -1.60. The molecule has 3 nitrogen and oxygen atoms in total. The van der Waals surface area contributed by atoms with Gasteiger partial charge in [0.25, 0.3) is 5.91 Å². The number of rotatable bonds is 3. The molecule has 0 aliphatic rings. The lowest BCUT2D eigenvalue weighted by Crippen LogP contribution is -2.45. The Labute approximate surface area is 96.8 Å². The molecule has 0 bridgehead atoms. The molecule has 0 unspecified atom stereocenters. The maximum absolute atomic E-state index is 12.9. The summed E-state index contributed by atoms with van der Waals surface area (Å²) in [7, 11) is 0. The Morgan fingerprint density at radius 2 is 1.76 bits per heavy atom. The van der Waals surface area contributed by atoms with Crippen LogP contribution in [0.4, 0.5) is 13.2 Å². The maximum Gasteiger partial charge on any atom is 0.251 e. The quantitative estimate of drug-likeness (QED) is 0.795. The summed E-state index contributed by atoms with van der Waals surface area (Å²) in [4.78, 5) is 11.5. The molecule has 0 fully saturated rings. The van der Waals surface area contributed by atoms with Crippen molar-refractivity contribution in [1.82, 2.24) is 5.32 Å². The van der Waals surface area contributed by atoms with Crippen LogP contribution in [0.1, 0.15) is 24.2 Å². The largest absolute Gasteiger partial charge is 0.350 e. The Bertz CT molecular complexity index is 418. The average Bonchev–Trinajstić information content (AvgIpc) is 2.20. The van der Waals surface area contributed by atoms with Crippen molar-refractivity contribution < 1.29 is 18.0 Å². The van der Waals surface area contributed by atoms with Crippen LogP contribution in [-0.2, 0) is 0 Å². The van der Waals surface area contributed by atoms with Crippen molar-refractivity contribution in [1.29, 1.82) is 0 Å². The Balaban J connectivity index is 2.84. The summed E-state index contributed by atoms with van der Waals surface area (Å²) in [5.41, 5.74) is 4.69. The lowest BCUT2D eigenvalue weighted by Gasteiger charge is -2.18. The molecule has 94 valence electrons. The van der Waals surface area contributed by atoms with Gasteiger partial charge < -0.3 is 11.1 Å². The van der Waals surface area contributed by atoms with E-state index in [1.165, 1.54) is 0 Å². The highest BCUT2D eigenvalue weighted by Gasteiger charge is 2.17. The van der Waals surface area contributed by atoms with Crippen LogP contribution in [0.2, 0.25) is 0 Å². The third kappa shape index (κ3) is 3.74. The van der Waals surface area contributed by atoms with Crippen molar-refractivity contribution in [3.05, 3.63) is 35.1 Å². The smallest absolute Gasteiger partial charge is 0.251 e. The molecule has 0 heterocycles. The van der Waals surface area contributed by atoms with Crippen molar-refractivity contribution in [2.24, 2.45) is 5.73 Å². The first kappa shape index (κ1) is 13.5. The van der Waals surface area contributed by atoms with Crippen molar-refractivity contribution in [3.8, 4) is 0 Å². The number of benzene rings is 1.